The van der Waals surface area contributed by atoms with Crippen LogP contribution in [-0.4, -0.2) is 19.9 Å². The molecule has 0 aliphatic carbocycles. The summed E-state index contributed by atoms with van der Waals surface area (Å²) >= 11 is 5.89. The molecule has 0 fully saturated rings. The number of pyridine rings is 1. The smallest absolute Gasteiger partial charge is 0.390 e. The lowest BCUT2D eigenvalue weighted by molar-refractivity contribution is -0.138. The highest BCUT2D eigenvalue weighted by Gasteiger charge is 2.35. The Morgan fingerprint density at radius 3 is 2.65 bits per heavy atom. The average Bonchev–Trinajstić information content (AvgIpc) is 2.90. The lowest BCUT2D eigenvalue weighted by Crippen LogP contribution is -2.07. The van der Waals surface area contributed by atoms with Crippen LogP contribution in [0.4, 0.5) is 13.2 Å². The molecule has 0 aliphatic heterocycles. The van der Waals surface area contributed by atoms with E-state index in [1.165, 1.54) is 6.20 Å². The minimum Gasteiger partial charge on any atom is -0.390 e. The van der Waals surface area contributed by atoms with Gasteiger partial charge in [0, 0.05) is 17.8 Å². The summed E-state index contributed by atoms with van der Waals surface area (Å²) in [6.07, 6.45) is -2.12. The quantitative estimate of drug-likeness (QED) is 0.791. The second kappa shape index (κ2) is 5.82. The van der Waals surface area contributed by atoms with Gasteiger partial charge in [-0.1, -0.05) is 17.7 Å². The van der Waals surface area contributed by atoms with Gasteiger partial charge < -0.3 is 5.11 Å². The van der Waals surface area contributed by atoms with E-state index in [4.69, 9.17) is 16.7 Å². The van der Waals surface area contributed by atoms with Crippen LogP contribution in [0.2, 0.25) is 5.02 Å². The zero-order valence-corrected chi connectivity index (χ0v) is 12.4. The minimum absolute atomic E-state index is 0.144. The number of aromatic nitrogens is 3. The van der Waals surface area contributed by atoms with Crippen molar-refractivity contribution >= 4 is 22.5 Å². The first-order chi connectivity index (χ1) is 10.9. The lowest BCUT2D eigenvalue weighted by atomic mass is 10.1. The molecule has 0 bridgehead atoms. The van der Waals surface area contributed by atoms with Crippen LogP contribution in [0.3, 0.4) is 0 Å². The molecule has 2 heterocycles. The van der Waals surface area contributed by atoms with E-state index in [1.807, 2.05) is 0 Å². The molecule has 0 unspecified atom stereocenters. The van der Waals surface area contributed by atoms with Crippen molar-refractivity contribution < 1.29 is 18.3 Å². The van der Waals surface area contributed by atoms with E-state index < -0.39 is 18.3 Å². The number of hydrogen-bond donors (Lipinski definition) is 1. The third-order valence-electron chi connectivity index (χ3n) is 3.35. The summed E-state index contributed by atoms with van der Waals surface area (Å²) in [6.45, 7) is -0.620. The van der Waals surface area contributed by atoms with Gasteiger partial charge in [0.2, 0.25) is 0 Å². The van der Waals surface area contributed by atoms with Gasteiger partial charge in [0.1, 0.15) is 5.69 Å². The molecule has 0 aliphatic rings. The zero-order valence-electron chi connectivity index (χ0n) is 11.7. The van der Waals surface area contributed by atoms with Gasteiger partial charge in [0.05, 0.1) is 29.3 Å². The van der Waals surface area contributed by atoms with Crippen molar-refractivity contribution in [2.24, 2.45) is 0 Å². The molecular formula is C15H11ClF3N3O. The highest BCUT2D eigenvalue weighted by molar-refractivity contribution is 6.31. The number of alkyl halides is 3. The molecule has 2 aromatic heterocycles. The predicted octanol–water partition coefficient (Wildman–Crippen LogP) is 3.64. The van der Waals surface area contributed by atoms with Crippen LogP contribution in [0.1, 0.15) is 16.8 Å². The van der Waals surface area contributed by atoms with Gasteiger partial charge in [-0.15, -0.1) is 0 Å². The Morgan fingerprint density at radius 1 is 1.22 bits per heavy atom. The van der Waals surface area contributed by atoms with Gasteiger partial charge >= 0.3 is 6.18 Å². The molecular weight excluding hydrogens is 331 g/mol. The number of nitrogens with zero attached hydrogens (tertiary/aromatic N) is 3. The van der Waals surface area contributed by atoms with E-state index in [0.717, 1.165) is 27.3 Å². The van der Waals surface area contributed by atoms with E-state index in [2.05, 4.69) is 10.1 Å². The predicted molar refractivity (Wildman–Crippen MR) is 79.0 cm³/mol. The maximum atomic E-state index is 12.9. The standard InChI is InChI=1S/C15H11ClF3N3O/c16-11-4-10-3-9(1-2-13(10)20-5-11)6-22-7-12(15(17,18)19)14(8-23)21-22/h1-5,7,23H,6,8H2. The van der Waals surface area contributed by atoms with Crippen LogP contribution in [0.5, 0.6) is 0 Å². The topological polar surface area (TPSA) is 50.9 Å². The second-order valence-electron chi connectivity index (χ2n) is 5.02. The molecule has 0 atom stereocenters. The Labute approximate surface area is 134 Å². The molecule has 23 heavy (non-hydrogen) atoms. The number of hydrogen-bond acceptors (Lipinski definition) is 3. The maximum absolute atomic E-state index is 12.9. The fraction of sp³-hybridized carbons (Fsp3) is 0.200. The van der Waals surface area contributed by atoms with Gasteiger partial charge in [-0.3, -0.25) is 9.67 Å². The molecule has 0 radical (unpaired) electrons. The first-order valence-electron chi connectivity index (χ1n) is 6.65. The van der Waals surface area contributed by atoms with Crippen LogP contribution >= 0.6 is 11.6 Å². The number of rotatable bonds is 3. The summed E-state index contributed by atoms with van der Waals surface area (Å²) in [4.78, 5) is 4.16. The first-order valence-corrected chi connectivity index (χ1v) is 7.03. The lowest BCUT2D eigenvalue weighted by Gasteiger charge is -2.05. The summed E-state index contributed by atoms with van der Waals surface area (Å²) < 4.78 is 39.7. The van der Waals surface area contributed by atoms with Crippen molar-refractivity contribution in [2.75, 3.05) is 0 Å². The van der Waals surface area contributed by atoms with Crippen LogP contribution < -0.4 is 0 Å². The Hall–Kier alpha value is -2.12. The fourth-order valence-corrected chi connectivity index (χ4v) is 2.50. The SMILES string of the molecule is OCc1nn(Cc2ccc3ncc(Cl)cc3c2)cc1C(F)(F)F. The minimum atomic E-state index is -4.54. The highest BCUT2D eigenvalue weighted by Crippen LogP contribution is 2.31. The van der Waals surface area contributed by atoms with Crippen LogP contribution in [0.25, 0.3) is 10.9 Å². The summed E-state index contributed by atoms with van der Waals surface area (Å²) in [7, 11) is 0. The highest BCUT2D eigenvalue weighted by atomic mass is 35.5. The number of benzene rings is 1. The number of fused-ring (bicyclic) bond motifs is 1. The van der Waals surface area contributed by atoms with Crippen molar-refractivity contribution in [3.05, 3.63) is 58.5 Å². The Balaban J connectivity index is 1.94. The first kappa shape index (κ1) is 15.8. The molecule has 8 heteroatoms. The van der Waals surface area contributed by atoms with E-state index in [-0.39, 0.29) is 12.2 Å². The monoisotopic (exact) mass is 341 g/mol. The summed E-state index contributed by atoms with van der Waals surface area (Å²) in [6, 6.07) is 7.05. The van der Waals surface area contributed by atoms with Crippen LogP contribution in [0, 0.1) is 0 Å². The largest absolute Gasteiger partial charge is 0.419 e. The third kappa shape index (κ3) is 3.30. The summed E-state index contributed by atoms with van der Waals surface area (Å²) in [5, 5.41) is 14.1. The number of aliphatic hydroxyl groups is 1. The van der Waals surface area contributed by atoms with Crippen LogP contribution in [-0.2, 0) is 19.3 Å². The third-order valence-corrected chi connectivity index (χ3v) is 3.56. The number of aliphatic hydroxyl groups excluding tert-OH is 1. The van der Waals surface area contributed by atoms with E-state index in [9.17, 15) is 13.2 Å². The summed E-state index contributed by atoms with van der Waals surface area (Å²) in [5.74, 6) is 0. The molecule has 0 spiro atoms. The summed E-state index contributed by atoms with van der Waals surface area (Å²) in [5.41, 5.74) is 0.182. The van der Waals surface area contributed by atoms with Crippen LogP contribution in [0.15, 0.2) is 36.7 Å². The maximum Gasteiger partial charge on any atom is 0.419 e. The van der Waals surface area contributed by atoms with Crippen molar-refractivity contribution in [3.63, 3.8) is 0 Å². The van der Waals surface area contributed by atoms with E-state index in [1.54, 1.807) is 24.3 Å². The van der Waals surface area contributed by atoms with Crippen molar-refractivity contribution in [3.8, 4) is 0 Å². The molecule has 3 aromatic rings. The fourth-order valence-electron chi connectivity index (χ4n) is 2.34. The average molecular weight is 342 g/mol. The van der Waals surface area contributed by atoms with Gasteiger partial charge in [0.25, 0.3) is 0 Å². The molecule has 4 nitrogen and oxygen atoms in total. The van der Waals surface area contributed by atoms with E-state index >= 15 is 0 Å². The van der Waals surface area contributed by atoms with Crippen molar-refractivity contribution in [1.29, 1.82) is 0 Å². The van der Waals surface area contributed by atoms with E-state index in [0.29, 0.717) is 5.02 Å². The zero-order chi connectivity index (χ0) is 16.6. The van der Waals surface area contributed by atoms with Gasteiger partial charge in [-0.2, -0.15) is 18.3 Å². The molecule has 1 aromatic carbocycles. The van der Waals surface area contributed by atoms with Gasteiger partial charge in [0.15, 0.2) is 0 Å². The Kier molecular flexibility index (Phi) is 3.99. The molecule has 0 amide bonds. The Morgan fingerprint density at radius 2 is 2.00 bits per heavy atom. The normalized spacial score (nSPS) is 12.0. The molecule has 3 rings (SSSR count). The number of halogens is 4. The van der Waals surface area contributed by atoms with Crippen molar-refractivity contribution in [2.45, 2.75) is 19.3 Å². The molecule has 0 saturated heterocycles. The van der Waals surface area contributed by atoms with Crippen molar-refractivity contribution in [1.82, 2.24) is 14.8 Å². The van der Waals surface area contributed by atoms with Gasteiger partial charge in [-0.05, 0) is 23.8 Å². The molecule has 0 saturated carbocycles. The molecule has 120 valence electrons. The molecule has 1 N–H and O–H groups in total. The second-order valence-corrected chi connectivity index (χ2v) is 5.46. The Bertz CT molecular complexity index is 861. The van der Waals surface area contributed by atoms with Gasteiger partial charge in [-0.25, -0.2) is 0 Å².